The van der Waals surface area contributed by atoms with E-state index in [0.717, 1.165) is 41.9 Å². The summed E-state index contributed by atoms with van der Waals surface area (Å²) in [6, 6.07) is 15.9. The Balaban J connectivity index is 1.65. The molecule has 3 aliphatic heterocycles. The molecule has 5 rings (SSSR count). The van der Waals surface area contributed by atoms with Crippen LogP contribution in [0.3, 0.4) is 0 Å². The van der Waals surface area contributed by atoms with Crippen molar-refractivity contribution in [1.82, 2.24) is 5.06 Å². The number of nitrogens with zero attached hydrogens (tertiary/aromatic N) is 3. The highest BCUT2D eigenvalue weighted by molar-refractivity contribution is 5.78. The van der Waals surface area contributed by atoms with Gasteiger partial charge in [-0.05, 0) is 48.2 Å². The van der Waals surface area contributed by atoms with Gasteiger partial charge in [0.25, 0.3) is 0 Å². The minimum Gasteiger partial charge on any atom is -0.484 e. The van der Waals surface area contributed by atoms with Gasteiger partial charge >= 0.3 is 0 Å². The van der Waals surface area contributed by atoms with E-state index in [0.29, 0.717) is 31.2 Å². The van der Waals surface area contributed by atoms with Gasteiger partial charge in [0, 0.05) is 25.6 Å². The second-order valence-electron chi connectivity index (χ2n) is 8.29. The smallest absolute Gasteiger partial charge is 0.216 e. The molecule has 3 heterocycles. The highest BCUT2D eigenvalue weighted by atomic mass is 16.7. The van der Waals surface area contributed by atoms with E-state index in [1.54, 1.807) is 13.1 Å². The maximum Gasteiger partial charge on any atom is 0.216 e. The van der Waals surface area contributed by atoms with E-state index in [1.807, 2.05) is 30.3 Å². The van der Waals surface area contributed by atoms with Crippen LogP contribution in [0, 0.1) is 11.3 Å². The first-order chi connectivity index (χ1) is 14.5. The van der Waals surface area contributed by atoms with Gasteiger partial charge in [-0.25, -0.2) is 10.1 Å². The molecule has 154 valence electrons. The van der Waals surface area contributed by atoms with Gasteiger partial charge in [-0.1, -0.05) is 18.2 Å². The molecule has 0 aliphatic carbocycles. The molecule has 30 heavy (non-hydrogen) atoms. The van der Waals surface area contributed by atoms with Gasteiger partial charge in [-0.15, -0.1) is 0 Å². The predicted octanol–water partition coefficient (Wildman–Crippen LogP) is 2.94. The number of hydroxylamine groups is 2. The van der Waals surface area contributed by atoms with Crippen LogP contribution in [0.15, 0.2) is 47.5 Å². The van der Waals surface area contributed by atoms with E-state index in [2.05, 4.69) is 12.1 Å². The average Bonchev–Trinajstić information content (AvgIpc) is 2.77. The van der Waals surface area contributed by atoms with Crippen LogP contribution in [0.5, 0.6) is 5.75 Å². The van der Waals surface area contributed by atoms with Crippen molar-refractivity contribution >= 4 is 5.96 Å². The topological polar surface area (TPSA) is 93.1 Å². The second-order valence-corrected chi connectivity index (χ2v) is 8.29. The normalized spacial score (nSPS) is 27.9. The number of nitrogens with two attached hydrogens (primary N) is 1. The fourth-order valence-corrected chi connectivity index (χ4v) is 4.69. The molecule has 0 amide bonds. The molecular formula is C23H24N4O3. The van der Waals surface area contributed by atoms with Crippen molar-refractivity contribution in [2.75, 3.05) is 26.9 Å². The molecule has 0 aromatic heterocycles. The van der Waals surface area contributed by atoms with Crippen LogP contribution in [0.4, 0.5) is 0 Å². The predicted molar refractivity (Wildman–Crippen MR) is 112 cm³/mol. The van der Waals surface area contributed by atoms with Gasteiger partial charge in [0.2, 0.25) is 5.96 Å². The lowest BCUT2D eigenvalue weighted by molar-refractivity contribution is -0.147. The Morgan fingerprint density at radius 2 is 2.03 bits per heavy atom. The summed E-state index contributed by atoms with van der Waals surface area (Å²) >= 11 is 0. The molecule has 2 N–H and O–H groups in total. The van der Waals surface area contributed by atoms with E-state index in [1.165, 1.54) is 5.06 Å². The third-order valence-electron chi connectivity index (χ3n) is 6.18. The first-order valence-electron chi connectivity index (χ1n) is 10.2. The summed E-state index contributed by atoms with van der Waals surface area (Å²) in [5.41, 5.74) is 8.66. The van der Waals surface area contributed by atoms with E-state index in [-0.39, 0.29) is 0 Å². The number of nitriles is 1. The number of rotatable bonds is 1. The third kappa shape index (κ3) is 3.09. The number of benzene rings is 2. The number of guanidine groups is 1. The van der Waals surface area contributed by atoms with Crippen LogP contribution < -0.4 is 10.5 Å². The fourth-order valence-electron chi connectivity index (χ4n) is 4.69. The molecule has 7 heteroatoms. The fraction of sp³-hybridized carbons (Fsp3) is 0.391. The summed E-state index contributed by atoms with van der Waals surface area (Å²) in [6.45, 7) is 1.67. The lowest BCUT2D eigenvalue weighted by Crippen LogP contribution is -2.57. The quantitative estimate of drug-likeness (QED) is 0.786. The maximum atomic E-state index is 9.26. The summed E-state index contributed by atoms with van der Waals surface area (Å²) in [4.78, 5) is 10.8. The van der Waals surface area contributed by atoms with Crippen molar-refractivity contribution in [1.29, 1.82) is 5.26 Å². The number of aliphatic imine (C=N–C) groups is 1. The first kappa shape index (κ1) is 18.9. The van der Waals surface area contributed by atoms with Crippen LogP contribution in [-0.4, -0.2) is 43.5 Å². The van der Waals surface area contributed by atoms with Gasteiger partial charge < -0.3 is 15.2 Å². The summed E-state index contributed by atoms with van der Waals surface area (Å²) < 4.78 is 12.3. The highest BCUT2D eigenvalue weighted by Gasteiger charge is 2.52. The lowest BCUT2D eigenvalue weighted by atomic mass is 9.74. The Hall–Kier alpha value is -3.08. The number of hydrogen-bond acceptors (Lipinski definition) is 7. The number of hydrogen-bond donors (Lipinski definition) is 1. The Labute approximate surface area is 175 Å². The van der Waals surface area contributed by atoms with E-state index >= 15 is 0 Å². The molecule has 2 spiro atoms. The molecule has 3 aliphatic rings. The molecule has 7 nitrogen and oxygen atoms in total. The summed E-state index contributed by atoms with van der Waals surface area (Å²) in [5.74, 6) is 1.13. The van der Waals surface area contributed by atoms with Gasteiger partial charge in [-0.2, -0.15) is 5.26 Å². The molecule has 2 unspecified atom stereocenters. The Morgan fingerprint density at radius 3 is 2.80 bits per heavy atom. The van der Waals surface area contributed by atoms with Crippen molar-refractivity contribution < 1.29 is 14.3 Å². The van der Waals surface area contributed by atoms with Crippen LogP contribution in [0.1, 0.15) is 30.4 Å². The summed E-state index contributed by atoms with van der Waals surface area (Å²) in [6.07, 6.45) is 2.50. The molecular weight excluding hydrogens is 380 g/mol. The molecule has 1 saturated heterocycles. The molecule has 1 fully saturated rings. The lowest BCUT2D eigenvalue weighted by Gasteiger charge is -2.49. The minimum absolute atomic E-state index is 0.345. The molecule has 2 aromatic carbocycles. The van der Waals surface area contributed by atoms with Crippen molar-refractivity contribution in [3.63, 3.8) is 0 Å². The summed E-state index contributed by atoms with van der Waals surface area (Å²) in [7, 11) is 1.76. The minimum atomic E-state index is -0.645. The molecule has 0 radical (unpaired) electrons. The van der Waals surface area contributed by atoms with Gasteiger partial charge in [0.15, 0.2) is 0 Å². The monoisotopic (exact) mass is 404 g/mol. The van der Waals surface area contributed by atoms with E-state index < -0.39 is 11.1 Å². The summed E-state index contributed by atoms with van der Waals surface area (Å²) in [5, 5.41) is 10.8. The standard InChI is InChI=1S/C23H24N4O3/c1-27-21(25)26-23(15-29-27)13-22(8-3-9-28-14-22)30-20-7-6-18(11-19(20)23)17-5-2-4-16(10-17)12-24/h2,4-7,10-11H,3,8-9,13-15H2,1H3,(H2,25,26). The molecule has 0 saturated carbocycles. The zero-order chi connectivity index (χ0) is 20.8. The zero-order valence-electron chi connectivity index (χ0n) is 16.9. The largest absolute Gasteiger partial charge is 0.484 e. The van der Waals surface area contributed by atoms with E-state index in [9.17, 15) is 5.26 Å². The third-order valence-corrected chi connectivity index (χ3v) is 6.18. The zero-order valence-corrected chi connectivity index (χ0v) is 16.9. The van der Waals surface area contributed by atoms with Gasteiger partial charge in [0.1, 0.15) is 23.5 Å². The SMILES string of the molecule is CN1OCC2(CC3(CCCOC3)Oc3ccc(-c4cccc(C#N)c4)cc32)N=C1N. The van der Waals surface area contributed by atoms with E-state index in [4.69, 9.17) is 25.0 Å². The van der Waals surface area contributed by atoms with Gasteiger partial charge in [-0.3, -0.25) is 4.84 Å². The Morgan fingerprint density at radius 1 is 1.17 bits per heavy atom. The second kappa shape index (κ2) is 7.01. The molecule has 2 atom stereocenters. The molecule has 2 aromatic rings. The van der Waals surface area contributed by atoms with Crippen molar-refractivity contribution in [2.45, 2.75) is 30.4 Å². The van der Waals surface area contributed by atoms with Crippen LogP contribution >= 0.6 is 0 Å². The number of ether oxygens (including phenoxy) is 2. The number of fused-ring (bicyclic) bond motifs is 2. The van der Waals surface area contributed by atoms with Crippen molar-refractivity contribution in [3.05, 3.63) is 53.6 Å². The Bertz CT molecular complexity index is 1050. The van der Waals surface area contributed by atoms with Gasteiger partial charge in [0.05, 0.1) is 18.2 Å². The van der Waals surface area contributed by atoms with Crippen LogP contribution in [0.25, 0.3) is 11.1 Å². The van der Waals surface area contributed by atoms with Crippen LogP contribution in [0.2, 0.25) is 0 Å². The maximum absolute atomic E-state index is 9.26. The van der Waals surface area contributed by atoms with Crippen LogP contribution in [-0.2, 0) is 15.1 Å². The molecule has 0 bridgehead atoms. The van der Waals surface area contributed by atoms with Crippen molar-refractivity contribution in [3.8, 4) is 22.9 Å². The average molecular weight is 404 g/mol. The Kier molecular flexibility index (Phi) is 4.42. The highest BCUT2D eigenvalue weighted by Crippen LogP contribution is 2.50. The van der Waals surface area contributed by atoms with Crippen molar-refractivity contribution in [2.24, 2.45) is 10.7 Å². The first-order valence-corrected chi connectivity index (χ1v) is 10.2.